The molecule has 1 aliphatic heterocycles. The number of dihydropyridines is 1. The van der Waals surface area contributed by atoms with Crippen LogP contribution in [0.1, 0.15) is 5.56 Å². The molecule has 0 saturated heterocycles. The van der Waals surface area contributed by atoms with Crippen molar-refractivity contribution < 1.29 is 0 Å². The molecule has 3 aromatic heterocycles. The molecule has 42 heavy (non-hydrogen) atoms. The van der Waals surface area contributed by atoms with Gasteiger partial charge in [-0.1, -0.05) is 78.9 Å². The second kappa shape index (κ2) is 11.4. The Morgan fingerprint density at radius 3 is 1.38 bits per heavy atom. The fourth-order valence-electron chi connectivity index (χ4n) is 4.99. The van der Waals surface area contributed by atoms with E-state index in [1.54, 1.807) is 12.4 Å². The first-order valence-electron chi connectivity index (χ1n) is 13.8. The smallest absolute Gasteiger partial charge is 0.164 e. The first-order valence-corrected chi connectivity index (χ1v) is 13.8. The minimum Gasteiger partial charge on any atom is -0.387 e. The second-order valence-electron chi connectivity index (χ2n) is 9.94. The highest BCUT2D eigenvalue weighted by Gasteiger charge is 2.15. The quantitative estimate of drug-likeness (QED) is 0.235. The average molecular weight is 543 g/mol. The van der Waals surface area contributed by atoms with Gasteiger partial charge in [0.1, 0.15) is 0 Å². The largest absolute Gasteiger partial charge is 0.387 e. The van der Waals surface area contributed by atoms with Gasteiger partial charge in [0.25, 0.3) is 0 Å². The Kier molecular flexibility index (Phi) is 6.84. The van der Waals surface area contributed by atoms with E-state index in [1.807, 2.05) is 67.1 Å². The molecule has 6 nitrogen and oxygen atoms in total. The van der Waals surface area contributed by atoms with Crippen molar-refractivity contribution >= 4 is 5.57 Å². The van der Waals surface area contributed by atoms with Crippen molar-refractivity contribution in [1.82, 2.24) is 30.2 Å². The lowest BCUT2D eigenvalue weighted by molar-refractivity contribution is 0.976. The highest BCUT2D eigenvalue weighted by Crippen LogP contribution is 2.30. The zero-order valence-corrected chi connectivity index (χ0v) is 22.7. The molecule has 0 saturated carbocycles. The lowest BCUT2D eigenvalue weighted by Crippen LogP contribution is -2.08. The van der Waals surface area contributed by atoms with Gasteiger partial charge in [-0.2, -0.15) is 0 Å². The van der Waals surface area contributed by atoms with Crippen LogP contribution in [0.25, 0.3) is 62.0 Å². The Balaban J connectivity index is 1.37. The number of allylic oxidation sites excluding steroid dienone is 2. The molecule has 6 aromatic rings. The molecule has 0 radical (unpaired) electrons. The van der Waals surface area contributed by atoms with Crippen LogP contribution in [-0.4, -0.2) is 31.5 Å². The number of pyridine rings is 2. The molecule has 1 aliphatic rings. The fourth-order valence-corrected chi connectivity index (χ4v) is 4.99. The van der Waals surface area contributed by atoms with Crippen LogP contribution in [0, 0.1) is 0 Å². The van der Waals surface area contributed by atoms with Gasteiger partial charge in [0, 0.05) is 65.3 Å². The summed E-state index contributed by atoms with van der Waals surface area (Å²) in [5, 5.41) is 3.29. The Morgan fingerprint density at radius 2 is 0.929 bits per heavy atom. The topological polar surface area (TPSA) is 76.5 Å². The summed E-state index contributed by atoms with van der Waals surface area (Å²) in [7, 11) is 0. The first kappa shape index (κ1) is 25.2. The molecule has 1 N–H and O–H groups in total. The number of nitrogens with one attached hydrogen (secondary N) is 1. The van der Waals surface area contributed by atoms with Crippen LogP contribution < -0.4 is 5.32 Å². The van der Waals surface area contributed by atoms with Crippen molar-refractivity contribution in [1.29, 1.82) is 0 Å². The normalized spacial score (nSPS) is 12.4. The maximum atomic E-state index is 5.00. The average Bonchev–Trinajstić information content (AvgIpc) is 3.09. The third-order valence-corrected chi connectivity index (χ3v) is 7.11. The van der Waals surface area contributed by atoms with Gasteiger partial charge < -0.3 is 5.32 Å². The molecule has 0 bridgehead atoms. The number of nitrogens with zero attached hydrogens (tertiary/aromatic N) is 5. The highest BCUT2D eigenvalue weighted by molar-refractivity contribution is 5.78. The van der Waals surface area contributed by atoms with Gasteiger partial charge in [0.15, 0.2) is 17.5 Å². The first-order chi connectivity index (χ1) is 20.8. The number of rotatable bonds is 6. The maximum Gasteiger partial charge on any atom is 0.164 e. The van der Waals surface area contributed by atoms with Crippen LogP contribution in [-0.2, 0) is 0 Å². The predicted molar refractivity (Wildman–Crippen MR) is 168 cm³/mol. The van der Waals surface area contributed by atoms with Crippen LogP contribution in [0.2, 0.25) is 0 Å². The van der Waals surface area contributed by atoms with Crippen LogP contribution in [0.4, 0.5) is 0 Å². The van der Waals surface area contributed by atoms with Crippen molar-refractivity contribution in [3.8, 4) is 56.4 Å². The van der Waals surface area contributed by atoms with Crippen molar-refractivity contribution in [2.24, 2.45) is 0 Å². The predicted octanol–water partition coefficient (Wildman–Crippen LogP) is 7.50. The summed E-state index contributed by atoms with van der Waals surface area (Å²) in [5.41, 5.74) is 9.11. The molecule has 7 rings (SSSR count). The molecule has 200 valence electrons. The van der Waals surface area contributed by atoms with Crippen molar-refractivity contribution in [3.63, 3.8) is 0 Å². The Morgan fingerprint density at radius 1 is 0.476 bits per heavy atom. The lowest BCUT2D eigenvalue weighted by atomic mass is 10.0. The van der Waals surface area contributed by atoms with Crippen molar-refractivity contribution in [3.05, 3.63) is 146 Å². The van der Waals surface area contributed by atoms with Gasteiger partial charge in [-0.3, -0.25) is 9.97 Å². The molecule has 3 aromatic carbocycles. The highest BCUT2D eigenvalue weighted by atomic mass is 15.0. The van der Waals surface area contributed by atoms with Crippen LogP contribution >= 0.6 is 0 Å². The zero-order chi connectivity index (χ0) is 28.1. The van der Waals surface area contributed by atoms with Gasteiger partial charge in [-0.15, -0.1) is 0 Å². The Hall–Kier alpha value is -5.75. The van der Waals surface area contributed by atoms with E-state index in [1.165, 1.54) is 0 Å². The molecule has 0 unspecified atom stereocenters. The molecule has 0 amide bonds. The third-order valence-electron chi connectivity index (χ3n) is 7.11. The number of hydrogen-bond acceptors (Lipinski definition) is 6. The van der Waals surface area contributed by atoms with E-state index in [0.29, 0.717) is 17.5 Å². The summed E-state index contributed by atoms with van der Waals surface area (Å²) in [6.45, 7) is 0.833. The summed E-state index contributed by atoms with van der Waals surface area (Å²) in [4.78, 5) is 23.6. The van der Waals surface area contributed by atoms with E-state index in [0.717, 1.165) is 56.6 Å². The van der Waals surface area contributed by atoms with E-state index >= 15 is 0 Å². The molecular formula is C36H26N6. The Bertz CT molecular complexity index is 1830. The summed E-state index contributed by atoms with van der Waals surface area (Å²) in [6, 6.07) is 32.8. The van der Waals surface area contributed by atoms with E-state index < -0.39 is 0 Å². The van der Waals surface area contributed by atoms with Gasteiger partial charge in [0.2, 0.25) is 0 Å². The SMILES string of the molecule is C1=CC(c2cccc(-c3nc(-c4cccc(-c5cccnc5)c4)nc(-c4cccc(-c5cccnc5)c4)n3)c2)=CNC1. The maximum absolute atomic E-state index is 5.00. The Labute approximate surface area is 244 Å². The number of benzene rings is 3. The molecule has 0 spiro atoms. The monoisotopic (exact) mass is 542 g/mol. The zero-order valence-electron chi connectivity index (χ0n) is 22.7. The molecule has 0 atom stereocenters. The van der Waals surface area contributed by atoms with Gasteiger partial charge in [0.05, 0.1) is 0 Å². The van der Waals surface area contributed by atoms with Crippen molar-refractivity contribution in [2.45, 2.75) is 0 Å². The summed E-state index contributed by atoms with van der Waals surface area (Å²) in [6.07, 6.45) is 13.6. The molecular weight excluding hydrogens is 516 g/mol. The summed E-state index contributed by atoms with van der Waals surface area (Å²) in [5.74, 6) is 1.83. The van der Waals surface area contributed by atoms with Gasteiger partial charge in [-0.25, -0.2) is 15.0 Å². The fraction of sp³-hybridized carbons (Fsp3) is 0.0278. The van der Waals surface area contributed by atoms with E-state index in [4.69, 9.17) is 15.0 Å². The lowest BCUT2D eigenvalue weighted by Gasteiger charge is -2.12. The molecule has 0 aliphatic carbocycles. The summed E-state index contributed by atoms with van der Waals surface area (Å²) >= 11 is 0. The molecule has 6 heteroatoms. The minimum atomic E-state index is 0.608. The van der Waals surface area contributed by atoms with E-state index in [-0.39, 0.29) is 0 Å². The number of hydrogen-bond donors (Lipinski definition) is 1. The van der Waals surface area contributed by atoms with E-state index in [9.17, 15) is 0 Å². The van der Waals surface area contributed by atoms with Crippen molar-refractivity contribution in [2.75, 3.05) is 6.54 Å². The minimum absolute atomic E-state index is 0.608. The van der Waals surface area contributed by atoms with E-state index in [2.05, 4.69) is 76.0 Å². The molecule has 4 heterocycles. The number of aromatic nitrogens is 5. The van der Waals surface area contributed by atoms with Gasteiger partial charge in [-0.05, 0) is 52.6 Å². The molecule has 0 fully saturated rings. The van der Waals surface area contributed by atoms with Gasteiger partial charge >= 0.3 is 0 Å². The van der Waals surface area contributed by atoms with Crippen LogP contribution in [0.15, 0.2) is 140 Å². The van der Waals surface area contributed by atoms with Crippen LogP contribution in [0.3, 0.4) is 0 Å². The second-order valence-corrected chi connectivity index (χ2v) is 9.94. The summed E-state index contributed by atoms with van der Waals surface area (Å²) < 4.78 is 0. The standard InChI is InChI=1S/C36H26N6/c1-7-25(31-13-4-16-37-22-31)19-28(10-1)34-40-35(29-11-2-8-26(20-29)32-14-5-17-38-23-32)42-36(41-34)30-12-3-9-27(21-30)33-15-6-18-39-24-33/h1-17,19-24,39H,18H2. The van der Waals surface area contributed by atoms with Crippen LogP contribution in [0.5, 0.6) is 0 Å². The third kappa shape index (κ3) is 5.33.